The van der Waals surface area contributed by atoms with Crippen molar-refractivity contribution >= 4 is 59.7 Å². The first-order chi connectivity index (χ1) is 44.6. The Morgan fingerprint density at radius 3 is 0.904 bits per heavy atom. The Bertz CT molecular complexity index is 2000. The highest BCUT2D eigenvalue weighted by Crippen LogP contribution is 2.00. The molecule has 0 rings (SSSR count). The molecule has 0 amide bonds. The van der Waals surface area contributed by atoms with Crippen LogP contribution in [0.1, 0.15) is 91.4 Å². The van der Waals surface area contributed by atoms with Gasteiger partial charge in [-0.15, -0.1) is 0 Å². The van der Waals surface area contributed by atoms with Crippen LogP contribution in [0.25, 0.3) is 0 Å². The van der Waals surface area contributed by atoms with Crippen LogP contribution in [0, 0.1) is 0 Å². The molecule has 0 saturated heterocycles. The number of aliphatic hydroxyl groups excluding tert-OH is 11. The Labute approximate surface area is 551 Å². The summed E-state index contributed by atoms with van der Waals surface area (Å²) >= 11 is 0. The molecule has 3 unspecified atom stereocenters. The van der Waals surface area contributed by atoms with E-state index in [2.05, 4.69) is 98.9 Å². The molecule has 0 radical (unpaired) electrons. The van der Waals surface area contributed by atoms with E-state index in [4.69, 9.17) is 70.4 Å². The van der Waals surface area contributed by atoms with Crippen LogP contribution in [-0.4, -0.2) is 240 Å². The fourth-order valence-corrected chi connectivity index (χ4v) is 3.71. The highest BCUT2D eigenvalue weighted by atomic mass is 16.6. The Hall–Kier alpha value is -8.34. The molecule has 31 heteroatoms. The molecule has 0 spiro atoms. The molecule has 0 heterocycles. The lowest BCUT2D eigenvalue weighted by Crippen LogP contribution is -2.21. The lowest BCUT2D eigenvalue weighted by atomic mass is 10.2. The van der Waals surface area contributed by atoms with Crippen LogP contribution in [0.3, 0.4) is 0 Å². The van der Waals surface area contributed by atoms with Crippen LogP contribution in [0.4, 0.5) is 0 Å². The number of aliphatic hydroxyl groups is 11. The van der Waals surface area contributed by atoms with Crippen LogP contribution in [0.5, 0.6) is 0 Å². The van der Waals surface area contributed by atoms with Crippen molar-refractivity contribution < 1.29 is 151 Å². The van der Waals surface area contributed by atoms with Crippen LogP contribution in [0.15, 0.2) is 126 Å². The molecule has 0 bridgehead atoms. The van der Waals surface area contributed by atoms with E-state index >= 15 is 0 Å². The van der Waals surface area contributed by atoms with E-state index in [1.165, 1.54) is 13.8 Å². The third kappa shape index (κ3) is 121. The standard InChI is InChI=1S/C9H16O3.C8H14O3.2C7H12O3.C6H10O4.2C6H10O3.2C5H8O3.C4H6O3/c1-2-9(11)12-8-6-4-3-5-7-10;1-2-8(10)11-7-5-3-4-6-9;1-3-7(9)10-6(2)4-5-8;1-2-7(9)10-6-4-3-5-8;1-2-6(9)10-4-5(8)3-7;1-3-6(8)9-4-5(2)7;1-2-6(8)9-5-3-4-7;1-4(2)5(7)8-3-6;1-2-5(7)8-4-3-6;1-2-4(6)7-3-5/h2,10H,1,3-8H2;2,9H,1,3-7H2;3,6,8H,1,4-5H2,2H3;2,8H,1,3-6H2;2,5,7-8H,1,3-4H2;3,5,7H,1,4H2,2H3;2,7H,1,3-5H2;6H,1,3H2,2H3;2,6H,1,3-4H2;2,5H,1,3H2. The third-order valence-electron chi connectivity index (χ3n) is 8.22. The molecule has 0 aliphatic rings. The fourth-order valence-electron chi connectivity index (χ4n) is 3.71. The van der Waals surface area contributed by atoms with E-state index in [1.807, 2.05) is 0 Å². The van der Waals surface area contributed by atoms with Gasteiger partial charge in [-0.1, -0.05) is 72.2 Å². The first kappa shape index (κ1) is 107. The fraction of sp³-hybridized carbons (Fsp3) is 0.524. The summed E-state index contributed by atoms with van der Waals surface area (Å²) in [6.07, 6.45) is 16.4. The predicted molar refractivity (Wildman–Crippen MR) is 343 cm³/mol. The summed E-state index contributed by atoms with van der Waals surface area (Å²) in [4.78, 5) is 103. The summed E-state index contributed by atoms with van der Waals surface area (Å²) in [6.45, 7) is 37.2. The van der Waals surface area contributed by atoms with Gasteiger partial charge in [0.2, 0.25) is 0 Å². The van der Waals surface area contributed by atoms with E-state index in [0.29, 0.717) is 51.1 Å². The third-order valence-corrected chi connectivity index (χ3v) is 8.22. The Balaban J connectivity index is -0.000000105. The maximum atomic E-state index is 10.5. The second-order valence-corrected chi connectivity index (χ2v) is 16.5. The molecule has 31 nitrogen and oxygen atoms in total. The minimum Gasteiger partial charge on any atom is -0.463 e. The van der Waals surface area contributed by atoms with Gasteiger partial charge < -0.3 is 104 Å². The quantitative estimate of drug-likeness (QED) is 0.0137. The van der Waals surface area contributed by atoms with Gasteiger partial charge in [0.05, 0.1) is 45.7 Å². The summed E-state index contributed by atoms with van der Waals surface area (Å²) in [6, 6.07) is 0. The second-order valence-electron chi connectivity index (χ2n) is 16.5. The molecular formula is C63H106O31. The lowest BCUT2D eigenvalue weighted by Gasteiger charge is -2.08. The Morgan fingerprint density at radius 1 is 0.340 bits per heavy atom. The SMILES string of the molecule is C=C(C)C(=O)OCO.C=CC(=O)OC(C)CCO.C=CC(=O)OCC(C)O.C=CC(=O)OCC(O)CO.C=CC(=O)OCCCCCCO.C=CC(=O)OCCCCCO.C=CC(=O)OCCCCO.C=CC(=O)OCCCO.C=CC(=O)OCCO.C=CC(=O)OCO. The number of esters is 10. The number of hydrogen-bond donors (Lipinski definition) is 11. The number of carbonyl (C=O) groups excluding carboxylic acids is 10. The number of carbonyl (C=O) groups is 10. The van der Waals surface area contributed by atoms with Gasteiger partial charge in [-0.3, -0.25) is 0 Å². The predicted octanol–water partition coefficient (Wildman–Crippen LogP) is 1.81. The molecule has 0 aliphatic heterocycles. The monoisotopic (exact) mass is 1360 g/mol. The van der Waals surface area contributed by atoms with Gasteiger partial charge in [-0.25, -0.2) is 47.9 Å². The average molecular weight is 1360 g/mol. The number of ether oxygens (including phenoxy) is 10. The second kappa shape index (κ2) is 93.4. The summed E-state index contributed by atoms with van der Waals surface area (Å²) in [5.74, 6) is -4.81. The van der Waals surface area contributed by atoms with Gasteiger partial charge in [0.15, 0.2) is 13.6 Å². The van der Waals surface area contributed by atoms with Crippen molar-refractivity contribution in [2.24, 2.45) is 0 Å². The van der Waals surface area contributed by atoms with Crippen molar-refractivity contribution in [3.8, 4) is 0 Å². The van der Waals surface area contributed by atoms with Crippen LogP contribution in [-0.2, 0) is 95.3 Å². The van der Waals surface area contributed by atoms with E-state index in [9.17, 15) is 47.9 Å². The first-order valence-corrected chi connectivity index (χ1v) is 28.4. The molecule has 94 heavy (non-hydrogen) atoms. The Morgan fingerprint density at radius 2 is 0.628 bits per heavy atom. The number of hydrogen-bond acceptors (Lipinski definition) is 31. The van der Waals surface area contributed by atoms with Crippen LogP contribution >= 0.6 is 0 Å². The molecule has 0 fully saturated rings. The first-order valence-electron chi connectivity index (χ1n) is 28.4. The minimum atomic E-state index is -0.996. The normalized spacial score (nSPS) is 9.77. The van der Waals surface area contributed by atoms with Gasteiger partial charge in [-0.2, -0.15) is 0 Å². The summed E-state index contributed by atoms with van der Waals surface area (Å²) in [7, 11) is 0. The van der Waals surface area contributed by atoms with Gasteiger partial charge in [0, 0.05) is 106 Å². The maximum Gasteiger partial charge on any atom is 0.335 e. The molecule has 3 atom stereocenters. The van der Waals surface area contributed by atoms with E-state index in [0.717, 1.165) is 99.6 Å². The summed E-state index contributed by atoms with van der Waals surface area (Å²) in [5.41, 5.74) is 0.291. The number of unbranched alkanes of at least 4 members (excludes halogenated alkanes) is 6. The minimum absolute atomic E-state index is 0.0326. The van der Waals surface area contributed by atoms with Crippen molar-refractivity contribution in [1.29, 1.82) is 0 Å². The zero-order chi connectivity index (χ0) is 74.6. The van der Waals surface area contributed by atoms with Gasteiger partial charge >= 0.3 is 59.7 Å². The van der Waals surface area contributed by atoms with Crippen molar-refractivity contribution in [2.75, 3.05) is 106 Å². The van der Waals surface area contributed by atoms with Crippen molar-refractivity contribution in [3.05, 3.63) is 126 Å². The summed E-state index contributed by atoms with van der Waals surface area (Å²) < 4.78 is 44.6. The maximum absolute atomic E-state index is 10.5. The molecule has 0 aromatic heterocycles. The number of rotatable bonds is 40. The van der Waals surface area contributed by atoms with Gasteiger partial charge in [0.1, 0.15) is 32.0 Å². The topological polar surface area (TPSA) is 486 Å². The zero-order valence-electron chi connectivity index (χ0n) is 54.7. The Kier molecular flexibility index (Phi) is 107. The van der Waals surface area contributed by atoms with Crippen LogP contribution in [0.2, 0.25) is 0 Å². The molecule has 0 saturated carbocycles. The molecule has 544 valence electrons. The largest absolute Gasteiger partial charge is 0.463 e. The highest BCUT2D eigenvalue weighted by molar-refractivity contribution is 5.87. The van der Waals surface area contributed by atoms with Gasteiger partial charge in [-0.05, 0) is 72.1 Å². The van der Waals surface area contributed by atoms with Crippen molar-refractivity contribution in [3.63, 3.8) is 0 Å². The van der Waals surface area contributed by atoms with E-state index < -0.39 is 80.2 Å². The average Bonchev–Trinajstić information content (AvgIpc) is 3.78. The van der Waals surface area contributed by atoms with Gasteiger partial charge in [0.25, 0.3) is 0 Å². The molecule has 11 N–H and O–H groups in total. The van der Waals surface area contributed by atoms with Crippen molar-refractivity contribution in [2.45, 2.75) is 110 Å². The van der Waals surface area contributed by atoms with Crippen LogP contribution < -0.4 is 0 Å². The van der Waals surface area contributed by atoms with E-state index in [1.54, 1.807) is 6.92 Å². The smallest absolute Gasteiger partial charge is 0.335 e. The van der Waals surface area contributed by atoms with Crippen molar-refractivity contribution in [1.82, 2.24) is 0 Å². The lowest BCUT2D eigenvalue weighted by molar-refractivity contribution is -0.147. The molecular weight excluding hydrogens is 1250 g/mol. The molecule has 0 aromatic carbocycles. The molecule has 0 aliphatic carbocycles. The zero-order valence-corrected chi connectivity index (χ0v) is 54.7. The highest BCUT2D eigenvalue weighted by Gasteiger charge is 2.05. The summed E-state index contributed by atoms with van der Waals surface area (Å²) in [5, 5.41) is 91.3. The van der Waals surface area contributed by atoms with E-state index in [-0.39, 0.29) is 84.1 Å². The molecule has 0 aromatic rings.